The Morgan fingerprint density at radius 2 is 2.19 bits per heavy atom. The van der Waals surface area contributed by atoms with Crippen molar-refractivity contribution >= 4 is 5.91 Å². The van der Waals surface area contributed by atoms with Crippen molar-refractivity contribution in [1.82, 2.24) is 15.5 Å². The Kier molecular flexibility index (Phi) is 6.66. The summed E-state index contributed by atoms with van der Waals surface area (Å²) in [5.74, 6) is -0.00624. The summed E-state index contributed by atoms with van der Waals surface area (Å²) in [5.41, 5.74) is 1.72. The lowest BCUT2D eigenvalue weighted by molar-refractivity contribution is 0.0951. The molecule has 0 aromatic heterocycles. The quantitative estimate of drug-likeness (QED) is 0.732. The smallest absolute Gasteiger partial charge is 0.251 e. The maximum Gasteiger partial charge on any atom is 0.251 e. The van der Waals surface area contributed by atoms with Crippen LogP contribution in [0.4, 0.5) is 0 Å². The van der Waals surface area contributed by atoms with Crippen molar-refractivity contribution in [2.45, 2.75) is 13.0 Å². The maximum atomic E-state index is 12.1. The first-order valence-electron chi connectivity index (χ1n) is 7.59. The van der Waals surface area contributed by atoms with Crippen molar-refractivity contribution < 1.29 is 9.53 Å². The van der Waals surface area contributed by atoms with Crippen LogP contribution in [0, 0.1) is 0 Å². The van der Waals surface area contributed by atoms with Crippen LogP contribution in [0.15, 0.2) is 24.3 Å². The summed E-state index contributed by atoms with van der Waals surface area (Å²) in [6.45, 7) is 6.64. The number of nitrogens with one attached hydrogen (secondary N) is 2. The summed E-state index contributed by atoms with van der Waals surface area (Å²) in [6, 6.07) is 7.58. The average molecular weight is 291 g/mol. The number of carbonyl (C=O) groups is 1. The first-order valence-corrected chi connectivity index (χ1v) is 7.59. The summed E-state index contributed by atoms with van der Waals surface area (Å²) in [6.07, 6.45) is 0.990. The minimum atomic E-state index is -0.00624. The number of carbonyl (C=O) groups excluding carboxylic acids is 1. The van der Waals surface area contributed by atoms with Crippen LogP contribution < -0.4 is 10.6 Å². The van der Waals surface area contributed by atoms with Gasteiger partial charge in [0.15, 0.2) is 0 Å². The molecular weight excluding hydrogens is 266 g/mol. The Morgan fingerprint density at radius 3 is 2.95 bits per heavy atom. The molecule has 1 heterocycles. The fourth-order valence-corrected chi connectivity index (χ4v) is 2.51. The number of hydrogen-bond acceptors (Lipinski definition) is 4. The number of hydrogen-bond donors (Lipinski definition) is 2. The Morgan fingerprint density at radius 1 is 1.38 bits per heavy atom. The van der Waals surface area contributed by atoms with E-state index >= 15 is 0 Å². The van der Waals surface area contributed by atoms with Gasteiger partial charge in [-0.2, -0.15) is 0 Å². The molecule has 1 amide bonds. The molecule has 0 aliphatic carbocycles. The molecular formula is C16H25N3O2. The van der Waals surface area contributed by atoms with Gasteiger partial charge in [0.05, 0.1) is 6.61 Å². The van der Waals surface area contributed by atoms with Gasteiger partial charge < -0.3 is 20.3 Å². The third-order valence-electron chi connectivity index (χ3n) is 3.65. The van der Waals surface area contributed by atoms with Crippen LogP contribution in [0.1, 0.15) is 22.3 Å². The monoisotopic (exact) mass is 291 g/mol. The number of amides is 1. The third-order valence-corrected chi connectivity index (χ3v) is 3.65. The van der Waals surface area contributed by atoms with Gasteiger partial charge in [-0.25, -0.2) is 0 Å². The largest absolute Gasteiger partial charge is 0.380 e. The van der Waals surface area contributed by atoms with Gasteiger partial charge >= 0.3 is 0 Å². The molecule has 0 bridgehead atoms. The minimum Gasteiger partial charge on any atom is -0.380 e. The van der Waals surface area contributed by atoms with E-state index in [2.05, 4.69) is 15.5 Å². The highest BCUT2D eigenvalue weighted by molar-refractivity contribution is 5.94. The van der Waals surface area contributed by atoms with E-state index < -0.39 is 0 Å². The fraction of sp³-hybridized carbons (Fsp3) is 0.562. The van der Waals surface area contributed by atoms with Gasteiger partial charge in [-0.3, -0.25) is 4.79 Å². The Hall–Kier alpha value is -1.43. The van der Waals surface area contributed by atoms with Crippen LogP contribution in [0.5, 0.6) is 0 Å². The molecule has 1 aromatic carbocycles. The van der Waals surface area contributed by atoms with Gasteiger partial charge in [0, 0.05) is 45.4 Å². The molecule has 21 heavy (non-hydrogen) atoms. The molecule has 2 N–H and O–H groups in total. The molecule has 5 heteroatoms. The van der Waals surface area contributed by atoms with Crippen LogP contribution in [0.3, 0.4) is 0 Å². The number of rotatable bonds is 7. The number of methoxy groups -OCH3 is 1. The lowest BCUT2D eigenvalue weighted by Crippen LogP contribution is -2.44. The molecule has 5 nitrogen and oxygen atoms in total. The third kappa shape index (κ3) is 5.46. The van der Waals surface area contributed by atoms with Crippen LogP contribution in [0.25, 0.3) is 0 Å². The molecule has 0 radical (unpaired) electrons. The van der Waals surface area contributed by atoms with E-state index in [0.717, 1.165) is 51.3 Å². The van der Waals surface area contributed by atoms with E-state index in [4.69, 9.17) is 4.74 Å². The molecule has 0 unspecified atom stereocenters. The first kappa shape index (κ1) is 15.9. The number of piperazine rings is 1. The van der Waals surface area contributed by atoms with E-state index in [-0.39, 0.29) is 5.91 Å². The summed E-state index contributed by atoms with van der Waals surface area (Å²) < 4.78 is 5.09. The highest BCUT2D eigenvalue weighted by Crippen LogP contribution is 2.06. The van der Waals surface area contributed by atoms with Gasteiger partial charge in [0.2, 0.25) is 0 Å². The first-order chi connectivity index (χ1) is 10.3. The molecule has 1 saturated heterocycles. The van der Waals surface area contributed by atoms with Crippen molar-refractivity contribution in [3.63, 3.8) is 0 Å². The molecule has 1 aromatic rings. The van der Waals surface area contributed by atoms with Gasteiger partial charge in [-0.1, -0.05) is 12.1 Å². The van der Waals surface area contributed by atoms with Crippen LogP contribution >= 0.6 is 0 Å². The topological polar surface area (TPSA) is 53.6 Å². The molecule has 1 aliphatic rings. The summed E-state index contributed by atoms with van der Waals surface area (Å²) in [4.78, 5) is 14.5. The van der Waals surface area contributed by atoms with Crippen molar-refractivity contribution in [3.8, 4) is 0 Å². The SMILES string of the molecule is COCc1cccc(C(=O)NCCCN2CCNCC2)c1. The van der Waals surface area contributed by atoms with E-state index in [9.17, 15) is 4.79 Å². The average Bonchev–Trinajstić information content (AvgIpc) is 2.53. The summed E-state index contributed by atoms with van der Waals surface area (Å²) >= 11 is 0. The van der Waals surface area contributed by atoms with Gasteiger partial charge in [-0.05, 0) is 30.7 Å². The van der Waals surface area contributed by atoms with E-state index in [1.807, 2.05) is 24.3 Å². The minimum absolute atomic E-state index is 0.00624. The van der Waals surface area contributed by atoms with Crippen molar-refractivity contribution in [2.24, 2.45) is 0 Å². The predicted octanol–water partition coefficient (Wildman–Crippen LogP) is 0.858. The molecule has 0 spiro atoms. The molecule has 1 fully saturated rings. The van der Waals surface area contributed by atoms with Crippen LogP contribution in [-0.2, 0) is 11.3 Å². The standard InChI is InChI=1S/C16H25N3O2/c1-21-13-14-4-2-5-15(12-14)16(20)18-6-3-9-19-10-7-17-8-11-19/h2,4-5,12,17H,3,6-11,13H2,1H3,(H,18,20). The molecule has 116 valence electrons. The van der Waals surface area contributed by atoms with E-state index in [0.29, 0.717) is 12.2 Å². The summed E-state index contributed by atoms with van der Waals surface area (Å²) in [5, 5.41) is 6.32. The Balaban J connectivity index is 1.70. The lowest BCUT2D eigenvalue weighted by Gasteiger charge is -2.27. The molecule has 0 atom stereocenters. The fourth-order valence-electron chi connectivity index (χ4n) is 2.51. The van der Waals surface area contributed by atoms with Gasteiger partial charge in [0.1, 0.15) is 0 Å². The zero-order valence-electron chi connectivity index (χ0n) is 12.7. The highest BCUT2D eigenvalue weighted by Gasteiger charge is 2.09. The van der Waals surface area contributed by atoms with Crippen LogP contribution in [-0.4, -0.2) is 57.2 Å². The zero-order valence-corrected chi connectivity index (χ0v) is 12.7. The number of ether oxygens (including phenoxy) is 1. The van der Waals surface area contributed by atoms with Crippen LogP contribution in [0.2, 0.25) is 0 Å². The lowest BCUT2D eigenvalue weighted by atomic mass is 10.1. The highest BCUT2D eigenvalue weighted by atomic mass is 16.5. The molecule has 1 aliphatic heterocycles. The van der Waals surface area contributed by atoms with Crippen molar-refractivity contribution in [2.75, 3.05) is 46.4 Å². The second-order valence-corrected chi connectivity index (χ2v) is 5.33. The van der Waals surface area contributed by atoms with Gasteiger partial charge in [0.25, 0.3) is 5.91 Å². The van der Waals surface area contributed by atoms with Crippen molar-refractivity contribution in [3.05, 3.63) is 35.4 Å². The second-order valence-electron chi connectivity index (χ2n) is 5.33. The molecule has 2 rings (SSSR count). The van der Waals surface area contributed by atoms with E-state index in [1.165, 1.54) is 0 Å². The zero-order chi connectivity index (χ0) is 14.9. The van der Waals surface area contributed by atoms with Crippen molar-refractivity contribution in [1.29, 1.82) is 0 Å². The number of nitrogens with zero attached hydrogens (tertiary/aromatic N) is 1. The Bertz CT molecular complexity index is 445. The summed E-state index contributed by atoms with van der Waals surface area (Å²) in [7, 11) is 1.66. The van der Waals surface area contributed by atoms with E-state index in [1.54, 1.807) is 7.11 Å². The number of benzene rings is 1. The second kappa shape index (κ2) is 8.77. The maximum absolute atomic E-state index is 12.1. The normalized spacial score (nSPS) is 15.9. The predicted molar refractivity (Wildman–Crippen MR) is 83.4 cm³/mol. The molecule has 0 saturated carbocycles. The Labute approximate surface area is 126 Å². The van der Waals surface area contributed by atoms with Gasteiger partial charge in [-0.15, -0.1) is 0 Å².